The Morgan fingerprint density at radius 2 is 2.17 bits per heavy atom. The molecule has 1 aliphatic rings. The molecule has 0 saturated carbocycles. The van der Waals surface area contributed by atoms with Gasteiger partial charge in [-0.05, 0) is 37.2 Å². The second kappa shape index (κ2) is 6.71. The Balaban J connectivity index is 3.00. The maximum Gasteiger partial charge on any atom is 0.237 e. The van der Waals surface area contributed by atoms with E-state index in [4.69, 9.17) is 4.74 Å². The lowest BCUT2D eigenvalue weighted by atomic mass is 9.75. The quantitative estimate of drug-likeness (QED) is 0.728. The summed E-state index contributed by atoms with van der Waals surface area (Å²) in [5.74, 6) is 0.124. The van der Waals surface area contributed by atoms with Crippen molar-refractivity contribution in [3.8, 4) is 0 Å². The summed E-state index contributed by atoms with van der Waals surface area (Å²) in [5, 5.41) is 0.369. The first-order valence-electron chi connectivity index (χ1n) is 6.49. The average Bonchev–Trinajstić information content (AvgIpc) is 2.34. The molecule has 0 heterocycles. The monoisotopic (exact) mass is 317 g/mol. The van der Waals surface area contributed by atoms with E-state index in [-0.39, 0.29) is 11.3 Å². The number of allylic oxidation sites excluding steroid dienone is 2. The van der Waals surface area contributed by atoms with Gasteiger partial charge < -0.3 is 9.64 Å². The van der Waals surface area contributed by atoms with E-state index in [0.717, 1.165) is 12.8 Å². The zero-order chi connectivity index (χ0) is 13.8. The Kier molecular flexibility index (Phi) is 5.86. The van der Waals surface area contributed by atoms with Gasteiger partial charge in [0.15, 0.2) is 0 Å². The summed E-state index contributed by atoms with van der Waals surface area (Å²) in [5.41, 5.74) is 2.75. The van der Waals surface area contributed by atoms with Crippen LogP contribution in [0.25, 0.3) is 0 Å². The van der Waals surface area contributed by atoms with Crippen LogP contribution < -0.4 is 0 Å². The van der Waals surface area contributed by atoms with Crippen molar-refractivity contribution in [1.82, 2.24) is 4.90 Å². The molecule has 104 valence electrons. The fourth-order valence-corrected chi connectivity index (χ4v) is 2.77. The number of halogens is 1. The number of amides is 1. The Morgan fingerprint density at radius 1 is 1.50 bits per heavy atom. The topological polar surface area (TPSA) is 29.5 Å². The minimum Gasteiger partial charge on any atom is -0.383 e. The molecule has 0 aromatic heterocycles. The van der Waals surface area contributed by atoms with E-state index in [0.29, 0.717) is 18.5 Å². The van der Waals surface area contributed by atoms with Gasteiger partial charge in [-0.25, -0.2) is 0 Å². The Hall–Kier alpha value is -0.350. The van der Waals surface area contributed by atoms with Crippen LogP contribution in [0.1, 0.15) is 40.0 Å². The first-order chi connectivity index (χ1) is 8.44. The SMILES string of the molecule is COCCN(C(=O)CBr)C1=C(C)C(C)(C)CCC1. The summed E-state index contributed by atoms with van der Waals surface area (Å²) in [6.45, 7) is 7.90. The summed E-state index contributed by atoms with van der Waals surface area (Å²) in [6, 6.07) is 0. The van der Waals surface area contributed by atoms with Gasteiger partial charge in [0.05, 0.1) is 11.9 Å². The molecular weight excluding hydrogens is 294 g/mol. The van der Waals surface area contributed by atoms with Crippen LogP contribution in [0.2, 0.25) is 0 Å². The van der Waals surface area contributed by atoms with Crippen LogP contribution in [0.5, 0.6) is 0 Å². The lowest BCUT2D eigenvalue weighted by molar-refractivity contribution is -0.127. The molecule has 0 aromatic rings. The van der Waals surface area contributed by atoms with Crippen molar-refractivity contribution in [3.05, 3.63) is 11.3 Å². The predicted molar refractivity (Wildman–Crippen MR) is 77.7 cm³/mol. The van der Waals surface area contributed by atoms with Gasteiger partial charge in [-0.1, -0.05) is 29.8 Å². The van der Waals surface area contributed by atoms with Crippen LogP contribution in [-0.2, 0) is 9.53 Å². The largest absolute Gasteiger partial charge is 0.383 e. The van der Waals surface area contributed by atoms with Gasteiger partial charge in [-0.15, -0.1) is 0 Å². The van der Waals surface area contributed by atoms with Crippen molar-refractivity contribution in [2.45, 2.75) is 40.0 Å². The molecule has 0 bridgehead atoms. The van der Waals surface area contributed by atoms with Crippen molar-refractivity contribution in [2.24, 2.45) is 5.41 Å². The van der Waals surface area contributed by atoms with Crippen LogP contribution >= 0.6 is 15.9 Å². The molecule has 18 heavy (non-hydrogen) atoms. The van der Waals surface area contributed by atoms with E-state index in [1.165, 1.54) is 17.7 Å². The van der Waals surface area contributed by atoms with Gasteiger partial charge in [-0.2, -0.15) is 0 Å². The fourth-order valence-electron chi connectivity index (χ4n) is 2.47. The molecule has 0 unspecified atom stereocenters. The van der Waals surface area contributed by atoms with Crippen LogP contribution in [0, 0.1) is 5.41 Å². The highest BCUT2D eigenvalue weighted by Crippen LogP contribution is 2.40. The number of nitrogens with zero attached hydrogens (tertiary/aromatic N) is 1. The fraction of sp³-hybridized carbons (Fsp3) is 0.786. The number of hydrogen-bond acceptors (Lipinski definition) is 2. The van der Waals surface area contributed by atoms with Gasteiger partial charge in [0.1, 0.15) is 0 Å². The third-order valence-electron chi connectivity index (χ3n) is 3.92. The maximum absolute atomic E-state index is 12.1. The predicted octanol–water partition coefficient (Wildman–Crippen LogP) is 3.34. The summed E-state index contributed by atoms with van der Waals surface area (Å²) in [6.07, 6.45) is 3.35. The van der Waals surface area contributed by atoms with Gasteiger partial charge in [0.25, 0.3) is 0 Å². The molecule has 0 aliphatic heterocycles. The smallest absolute Gasteiger partial charge is 0.237 e. The molecule has 0 fully saturated rings. The number of ether oxygens (including phenoxy) is 1. The molecule has 3 nitrogen and oxygen atoms in total. The third-order valence-corrected chi connectivity index (χ3v) is 4.40. The maximum atomic E-state index is 12.1. The van der Waals surface area contributed by atoms with Gasteiger partial charge in [0, 0.05) is 19.4 Å². The molecule has 4 heteroatoms. The van der Waals surface area contributed by atoms with E-state index >= 15 is 0 Å². The van der Waals surface area contributed by atoms with Crippen molar-refractivity contribution in [1.29, 1.82) is 0 Å². The van der Waals surface area contributed by atoms with E-state index in [9.17, 15) is 4.79 Å². The number of carbonyl (C=O) groups is 1. The summed E-state index contributed by atoms with van der Waals surface area (Å²) in [7, 11) is 1.67. The molecule has 1 aliphatic carbocycles. The van der Waals surface area contributed by atoms with Crippen LogP contribution in [0.15, 0.2) is 11.3 Å². The molecule has 0 aromatic carbocycles. The summed E-state index contributed by atoms with van der Waals surface area (Å²) < 4.78 is 5.11. The van der Waals surface area contributed by atoms with Crippen molar-refractivity contribution in [2.75, 3.05) is 25.6 Å². The average molecular weight is 318 g/mol. The molecule has 0 spiro atoms. The number of carbonyl (C=O) groups excluding carboxylic acids is 1. The van der Waals surface area contributed by atoms with Gasteiger partial charge in [0.2, 0.25) is 5.91 Å². The summed E-state index contributed by atoms with van der Waals surface area (Å²) >= 11 is 3.27. The molecule has 1 rings (SSSR count). The number of hydrogen-bond donors (Lipinski definition) is 0. The molecular formula is C14H24BrNO2. The van der Waals surface area contributed by atoms with Crippen LogP contribution in [0.4, 0.5) is 0 Å². The number of rotatable bonds is 5. The highest BCUT2D eigenvalue weighted by atomic mass is 79.9. The van der Waals surface area contributed by atoms with Crippen molar-refractivity contribution >= 4 is 21.8 Å². The Morgan fingerprint density at radius 3 is 2.72 bits per heavy atom. The Labute approximate surface area is 119 Å². The van der Waals surface area contributed by atoms with Crippen LogP contribution in [0.3, 0.4) is 0 Å². The lowest BCUT2D eigenvalue weighted by Gasteiger charge is -2.37. The van der Waals surface area contributed by atoms with Gasteiger partial charge in [-0.3, -0.25) is 4.79 Å². The zero-order valence-electron chi connectivity index (χ0n) is 11.9. The van der Waals surface area contributed by atoms with E-state index in [1.54, 1.807) is 7.11 Å². The molecule has 1 amide bonds. The molecule has 0 radical (unpaired) electrons. The minimum absolute atomic E-state index is 0.124. The third kappa shape index (κ3) is 3.58. The second-order valence-corrected chi connectivity index (χ2v) is 6.04. The lowest BCUT2D eigenvalue weighted by Crippen LogP contribution is -2.37. The summed E-state index contributed by atoms with van der Waals surface area (Å²) in [4.78, 5) is 14.0. The van der Waals surface area contributed by atoms with E-state index in [1.807, 2.05) is 4.90 Å². The standard InChI is InChI=1S/C14H24BrNO2/c1-11-12(6-5-7-14(11,2)3)16(8-9-18-4)13(17)10-15/h5-10H2,1-4H3. The van der Waals surface area contributed by atoms with E-state index in [2.05, 4.69) is 36.7 Å². The second-order valence-electron chi connectivity index (χ2n) is 5.48. The number of methoxy groups -OCH3 is 1. The highest BCUT2D eigenvalue weighted by Gasteiger charge is 2.30. The molecule has 0 saturated heterocycles. The highest BCUT2D eigenvalue weighted by molar-refractivity contribution is 9.09. The molecule has 0 atom stereocenters. The molecule has 0 N–H and O–H groups in total. The first-order valence-corrected chi connectivity index (χ1v) is 7.61. The first kappa shape index (κ1) is 15.7. The van der Waals surface area contributed by atoms with E-state index < -0.39 is 0 Å². The van der Waals surface area contributed by atoms with Crippen LogP contribution in [-0.4, -0.2) is 36.4 Å². The van der Waals surface area contributed by atoms with Crippen molar-refractivity contribution < 1.29 is 9.53 Å². The Bertz CT molecular complexity index is 337. The number of alkyl halides is 1. The minimum atomic E-state index is 0.124. The van der Waals surface area contributed by atoms with Gasteiger partial charge >= 0.3 is 0 Å². The zero-order valence-corrected chi connectivity index (χ0v) is 13.5. The normalized spacial score (nSPS) is 18.9. The van der Waals surface area contributed by atoms with Crippen molar-refractivity contribution in [3.63, 3.8) is 0 Å².